The Morgan fingerprint density at radius 2 is 1.66 bits per heavy atom. The highest BCUT2D eigenvalue weighted by Gasteiger charge is 2.16. The predicted molar refractivity (Wildman–Crippen MR) is 128 cm³/mol. The second-order valence-corrected chi connectivity index (χ2v) is 7.16. The van der Waals surface area contributed by atoms with E-state index in [9.17, 15) is 19.2 Å². The van der Waals surface area contributed by atoms with Crippen LogP contribution in [-0.2, 0) is 25.7 Å². The van der Waals surface area contributed by atoms with Crippen molar-refractivity contribution >= 4 is 41.2 Å². The second kappa shape index (κ2) is 11.8. The first-order chi connectivity index (χ1) is 16.9. The van der Waals surface area contributed by atoms with E-state index < -0.39 is 23.6 Å². The minimum atomic E-state index is -0.992. The molecule has 4 N–H and O–H groups in total. The molecule has 0 saturated carbocycles. The van der Waals surface area contributed by atoms with E-state index in [4.69, 9.17) is 9.15 Å². The first-order valence-electron chi connectivity index (χ1n) is 10.4. The van der Waals surface area contributed by atoms with Gasteiger partial charge in [-0.2, -0.15) is 5.10 Å². The van der Waals surface area contributed by atoms with Crippen molar-refractivity contribution in [1.29, 1.82) is 0 Å². The van der Waals surface area contributed by atoms with E-state index in [1.807, 2.05) is 6.92 Å². The molecular formula is C24H23N5O6. The molecule has 0 aliphatic carbocycles. The zero-order valence-corrected chi connectivity index (χ0v) is 19.0. The second-order valence-electron chi connectivity index (χ2n) is 7.16. The Balaban J connectivity index is 1.45. The molecule has 4 amide bonds. The number of nitrogens with one attached hydrogen (secondary N) is 4. The highest BCUT2D eigenvalue weighted by molar-refractivity contribution is 6.40. The van der Waals surface area contributed by atoms with E-state index in [0.29, 0.717) is 22.9 Å². The lowest BCUT2D eigenvalue weighted by atomic mass is 10.2. The molecule has 1 aromatic heterocycles. The molecule has 0 bridgehead atoms. The summed E-state index contributed by atoms with van der Waals surface area (Å²) in [6, 6.07) is 16.8. The van der Waals surface area contributed by atoms with Crippen molar-refractivity contribution in [2.75, 3.05) is 17.7 Å². The fourth-order valence-electron chi connectivity index (χ4n) is 2.82. The van der Waals surface area contributed by atoms with Crippen LogP contribution in [0.15, 0.2) is 70.2 Å². The maximum absolute atomic E-state index is 12.1. The quantitative estimate of drug-likeness (QED) is 0.232. The maximum Gasteiger partial charge on any atom is 0.329 e. The van der Waals surface area contributed by atoms with Gasteiger partial charge in [0.1, 0.15) is 17.3 Å². The molecule has 11 nitrogen and oxygen atoms in total. The summed E-state index contributed by atoms with van der Waals surface area (Å²) in [5.74, 6) is -2.55. The van der Waals surface area contributed by atoms with E-state index in [2.05, 4.69) is 26.5 Å². The van der Waals surface area contributed by atoms with Crippen LogP contribution in [0.1, 0.15) is 17.1 Å². The van der Waals surface area contributed by atoms with Crippen LogP contribution in [0.2, 0.25) is 0 Å². The third-order valence-corrected chi connectivity index (χ3v) is 4.51. The number of amides is 4. The predicted octanol–water partition coefficient (Wildman–Crippen LogP) is 1.94. The summed E-state index contributed by atoms with van der Waals surface area (Å²) in [5.41, 5.74) is 3.82. The highest BCUT2D eigenvalue weighted by atomic mass is 16.5. The van der Waals surface area contributed by atoms with Gasteiger partial charge >= 0.3 is 23.6 Å². The van der Waals surface area contributed by atoms with Gasteiger partial charge in [0.2, 0.25) is 0 Å². The molecule has 3 rings (SSSR count). The SMILES string of the molecule is COc1ccc(C)cc1NC(=O)C(=O)N/N=C/c1ccc(CNC(=O)C(=O)Nc2ccccc2)o1. The van der Waals surface area contributed by atoms with Crippen LogP contribution in [0.5, 0.6) is 5.75 Å². The molecule has 0 fully saturated rings. The van der Waals surface area contributed by atoms with E-state index in [-0.39, 0.29) is 12.3 Å². The zero-order chi connectivity index (χ0) is 25.2. The van der Waals surface area contributed by atoms with E-state index in [0.717, 1.165) is 5.56 Å². The summed E-state index contributed by atoms with van der Waals surface area (Å²) in [6.45, 7) is 1.80. The Hall–Kier alpha value is -4.93. The normalized spacial score (nSPS) is 10.5. The molecule has 0 saturated heterocycles. The number of methoxy groups -OCH3 is 1. The van der Waals surface area contributed by atoms with Gasteiger partial charge in [-0.25, -0.2) is 5.43 Å². The number of anilines is 2. The number of carbonyl (C=O) groups excluding carboxylic acids is 4. The minimum Gasteiger partial charge on any atom is -0.495 e. The van der Waals surface area contributed by atoms with Crippen LogP contribution in [-0.4, -0.2) is 37.0 Å². The monoisotopic (exact) mass is 477 g/mol. The Labute approximate surface area is 200 Å². The lowest BCUT2D eigenvalue weighted by molar-refractivity contribution is -0.136. The van der Waals surface area contributed by atoms with Crippen molar-refractivity contribution in [2.45, 2.75) is 13.5 Å². The number of hydrogen-bond acceptors (Lipinski definition) is 7. The third kappa shape index (κ3) is 7.29. The summed E-state index contributed by atoms with van der Waals surface area (Å²) in [6.07, 6.45) is 1.19. The molecule has 0 aliphatic heterocycles. The van der Waals surface area contributed by atoms with Crippen molar-refractivity contribution in [3.63, 3.8) is 0 Å². The average molecular weight is 477 g/mol. The largest absolute Gasteiger partial charge is 0.495 e. The zero-order valence-electron chi connectivity index (χ0n) is 19.0. The van der Waals surface area contributed by atoms with Crippen molar-refractivity contribution in [2.24, 2.45) is 5.10 Å². The van der Waals surface area contributed by atoms with Gasteiger partial charge in [-0.1, -0.05) is 24.3 Å². The van der Waals surface area contributed by atoms with Gasteiger partial charge in [0.25, 0.3) is 0 Å². The molecule has 11 heteroatoms. The lowest BCUT2D eigenvalue weighted by Gasteiger charge is -2.10. The average Bonchev–Trinajstić information content (AvgIpc) is 3.30. The summed E-state index contributed by atoms with van der Waals surface area (Å²) in [4.78, 5) is 48.0. The molecule has 1 heterocycles. The molecule has 0 unspecified atom stereocenters. The van der Waals surface area contributed by atoms with Crippen LogP contribution < -0.4 is 26.1 Å². The highest BCUT2D eigenvalue weighted by Crippen LogP contribution is 2.25. The number of hydrazone groups is 1. The number of benzene rings is 2. The Kier molecular flexibility index (Phi) is 8.33. The summed E-state index contributed by atoms with van der Waals surface area (Å²) >= 11 is 0. The van der Waals surface area contributed by atoms with Gasteiger partial charge in [0.05, 0.1) is 25.6 Å². The van der Waals surface area contributed by atoms with Crippen molar-refractivity contribution in [3.8, 4) is 5.75 Å². The van der Waals surface area contributed by atoms with Gasteiger partial charge in [-0.3, -0.25) is 19.2 Å². The van der Waals surface area contributed by atoms with Gasteiger partial charge in [-0.15, -0.1) is 0 Å². The Bertz CT molecular complexity index is 1250. The first-order valence-corrected chi connectivity index (χ1v) is 10.4. The van der Waals surface area contributed by atoms with E-state index in [1.54, 1.807) is 60.7 Å². The molecular weight excluding hydrogens is 454 g/mol. The maximum atomic E-state index is 12.1. The minimum absolute atomic E-state index is 0.0397. The van der Waals surface area contributed by atoms with Gasteiger partial charge in [-0.05, 0) is 48.9 Å². The fraction of sp³-hybridized carbons (Fsp3) is 0.125. The molecule has 0 atom stereocenters. The molecule has 0 spiro atoms. The van der Waals surface area contributed by atoms with Crippen LogP contribution in [0.25, 0.3) is 0 Å². The molecule has 0 radical (unpaired) electrons. The number of carbonyl (C=O) groups is 4. The summed E-state index contributed by atoms with van der Waals surface area (Å²) in [5, 5.41) is 11.1. The van der Waals surface area contributed by atoms with Crippen LogP contribution >= 0.6 is 0 Å². The van der Waals surface area contributed by atoms with Crippen LogP contribution in [0, 0.1) is 6.92 Å². The van der Waals surface area contributed by atoms with Crippen LogP contribution in [0.4, 0.5) is 11.4 Å². The number of aryl methyl sites for hydroxylation is 1. The smallest absolute Gasteiger partial charge is 0.329 e. The third-order valence-electron chi connectivity index (χ3n) is 4.51. The number of furan rings is 1. The topological polar surface area (TPSA) is 151 Å². The first kappa shape index (κ1) is 24.7. The van der Waals surface area contributed by atoms with Crippen molar-refractivity contribution in [1.82, 2.24) is 10.7 Å². The van der Waals surface area contributed by atoms with Gasteiger partial charge < -0.3 is 25.1 Å². The van der Waals surface area contributed by atoms with Crippen molar-refractivity contribution < 1.29 is 28.3 Å². The lowest BCUT2D eigenvalue weighted by Crippen LogP contribution is -2.34. The standard InChI is InChI=1S/C24H23N5O6/c1-15-8-11-20(34-2)19(12-15)28-23(32)24(33)29-26-14-18-10-9-17(35-18)13-25-21(30)22(31)27-16-6-4-3-5-7-16/h3-12,14H,13H2,1-2H3,(H,25,30)(H,27,31)(H,28,32)(H,29,33)/b26-14+. The fourth-order valence-corrected chi connectivity index (χ4v) is 2.82. The number of hydrogen-bond donors (Lipinski definition) is 4. The van der Waals surface area contributed by atoms with Crippen LogP contribution in [0.3, 0.4) is 0 Å². The van der Waals surface area contributed by atoms with Crippen molar-refractivity contribution in [3.05, 3.63) is 77.7 Å². The Morgan fingerprint density at radius 1 is 0.914 bits per heavy atom. The molecule has 180 valence electrons. The molecule has 3 aromatic rings. The van der Waals surface area contributed by atoms with E-state index in [1.165, 1.54) is 13.3 Å². The number of rotatable bonds is 7. The molecule has 35 heavy (non-hydrogen) atoms. The molecule has 2 aromatic carbocycles. The summed E-state index contributed by atoms with van der Waals surface area (Å²) < 4.78 is 10.6. The number of ether oxygens (including phenoxy) is 1. The molecule has 0 aliphatic rings. The number of para-hydroxylation sites is 1. The Morgan fingerprint density at radius 3 is 2.40 bits per heavy atom. The van der Waals surface area contributed by atoms with E-state index >= 15 is 0 Å². The van der Waals surface area contributed by atoms with Gasteiger partial charge in [0.15, 0.2) is 0 Å². The number of nitrogens with zero attached hydrogens (tertiary/aromatic N) is 1. The summed E-state index contributed by atoms with van der Waals surface area (Å²) in [7, 11) is 1.45. The van der Waals surface area contributed by atoms with Gasteiger partial charge in [0, 0.05) is 5.69 Å².